The fourth-order valence-electron chi connectivity index (χ4n) is 2.28. The number of hydrogen-bond acceptors (Lipinski definition) is 5. The second-order valence-electron chi connectivity index (χ2n) is 4.95. The molecular formula is C12H20N4O2S. The van der Waals surface area contributed by atoms with Gasteiger partial charge in [0.1, 0.15) is 0 Å². The lowest BCUT2D eigenvalue weighted by atomic mass is 10.1. The lowest BCUT2D eigenvalue weighted by Crippen LogP contribution is -2.46. The number of nitrogens with one attached hydrogen (secondary N) is 1. The average Bonchev–Trinajstić information content (AvgIpc) is 2.37. The minimum absolute atomic E-state index is 0.0248. The molecule has 1 fully saturated rings. The van der Waals surface area contributed by atoms with Crippen LogP contribution >= 0.6 is 0 Å². The first-order chi connectivity index (χ1) is 8.91. The van der Waals surface area contributed by atoms with Crippen LogP contribution in [0.5, 0.6) is 0 Å². The third-order valence-corrected chi connectivity index (χ3v) is 5.06. The fourth-order valence-corrected chi connectivity index (χ4v) is 3.63. The fraction of sp³-hybridized carbons (Fsp3) is 0.667. The molecule has 0 saturated carbocycles. The molecule has 1 aromatic heterocycles. The monoisotopic (exact) mass is 284 g/mol. The van der Waals surface area contributed by atoms with Crippen LogP contribution in [-0.2, 0) is 10.0 Å². The quantitative estimate of drug-likeness (QED) is 0.816. The number of sulfonamides is 1. The minimum Gasteiger partial charge on any atom is -0.315 e. The van der Waals surface area contributed by atoms with Crippen LogP contribution in [0.25, 0.3) is 0 Å². The molecule has 1 N–H and O–H groups in total. The van der Waals surface area contributed by atoms with Gasteiger partial charge < -0.3 is 5.32 Å². The molecule has 0 aliphatic carbocycles. The minimum atomic E-state index is -3.61. The van der Waals surface area contributed by atoms with Crippen molar-refractivity contribution < 1.29 is 8.42 Å². The molecule has 106 valence electrons. The SMILES string of the molecule is Cc1cc(C)nc(S(=O)(=O)N(C)[C@@H]2CCCNC2)n1. The zero-order valence-corrected chi connectivity index (χ0v) is 12.4. The van der Waals surface area contributed by atoms with Gasteiger partial charge in [0.2, 0.25) is 0 Å². The summed E-state index contributed by atoms with van der Waals surface area (Å²) in [4.78, 5) is 8.12. The summed E-state index contributed by atoms with van der Waals surface area (Å²) in [5.41, 5.74) is 1.34. The van der Waals surface area contributed by atoms with E-state index in [2.05, 4.69) is 15.3 Å². The number of piperidine rings is 1. The van der Waals surface area contributed by atoms with Crippen molar-refractivity contribution in [1.29, 1.82) is 0 Å². The molecule has 0 bridgehead atoms. The zero-order chi connectivity index (χ0) is 14.0. The Balaban J connectivity index is 2.30. The van der Waals surface area contributed by atoms with E-state index < -0.39 is 10.0 Å². The third kappa shape index (κ3) is 3.10. The Labute approximate surface area is 114 Å². The van der Waals surface area contributed by atoms with Crippen molar-refractivity contribution >= 4 is 10.0 Å². The molecule has 2 rings (SSSR count). The molecule has 0 spiro atoms. The smallest absolute Gasteiger partial charge is 0.278 e. The maximum Gasteiger partial charge on any atom is 0.278 e. The molecular weight excluding hydrogens is 264 g/mol. The molecule has 1 saturated heterocycles. The van der Waals surface area contributed by atoms with E-state index in [9.17, 15) is 8.42 Å². The van der Waals surface area contributed by atoms with Gasteiger partial charge in [-0.15, -0.1) is 0 Å². The summed E-state index contributed by atoms with van der Waals surface area (Å²) in [6.07, 6.45) is 1.85. The molecule has 7 heteroatoms. The van der Waals surface area contributed by atoms with Gasteiger partial charge in [0.05, 0.1) is 0 Å². The Kier molecular flexibility index (Phi) is 4.17. The van der Waals surface area contributed by atoms with Crippen LogP contribution in [0.2, 0.25) is 0 Å². The summed E-state index contributed by atoms with van der Waals surface area (Å²) in [7, 11) is -2.01. The van der Waals surface area contributed by atoms with Crippen molar-refractivity contribution in [3.63, 3.8) is 0 Å². The molecule has 0 aromatic carbocycles. The Bertz CT molecular complexity index is 533. The maximum absolute atomic E-state index is 12.5. The summed E-state index contributed by atoms with van der Waals surface area (Å²) in [6.45, 7) is 5.18. The number of aromatic nitrogens is 2. The summed E-state index contributed by atoms with van der Waals surface area (Å²) in [5, 5.41) is 3.12. The summed E-state index contributed by atoms with van der Waals surface area (Å²) in [5.74, 6) is 0. The topological polar surface area (TPSA) is 75.2 Å². The first-order valence-electron chi connectivity index (χ1n) is 6.42. The predicted molar refractivity (Wildman–Crippen MR) is 72.3 cm³/mol. The largest absolute Gasteiger partial charge is 0.315 e. The zero-order valence-electron chi connectivity index (χ0n) is 11.5. The molecule has 1 atom stereocenters. The van der Waals surface area contributed by atoms with Crippen LogP contribution in [-0.4, -0.2) is 48.9 Å². The second-order valence-corrected chi connectivity index (χ2v) is 6.85. The molecule has 1 aromatic rings. The van der Waals surface area contributed by atoms with Crippen molar-refractivity contribution in [3.8, 4) is 0 Å². The standard InChI is InChI=1S/C12H20N4O2S/c1-9-7-10(2)15-12(14-9)19(17,18)16(3)11-5-4-6-13-8-11/h7,11,13H,4-6,8H2,1-3H3/t11-/m1/s1. The van der Waals surface area contributed by atoms with Gasteiger partial charge in [-0.1, -0.05) is 0 Å². The van der Waals surface area contributed by atoms with Crippen LogP contribution in [0.1, 0.15) is 24.2 Å². The van der Waals surface area contributed by atoms with E-state index in [-0.39, 0.29) is 11.2 Å². The van der Waals surface area contributed by atoms with E-state index in [1.807, 2.05) is 0 Å². The van der Waals surface area contributed by atoms with Crippen LogP contribution in [0, 0.1) is 13.8 Å². The molecule has 19 heavy (non-hydrogen) atoms. The first kappa shape index (κ1) is 14.4. The third-order valence-electron chi connectivity index (χ3n) is 3.36. The molecule has 6 nitrogen and oxygen atoms in total. The maximum atomic E-state index is 12.5. The van der Waals surface area contributed by atoms with Gasteiger partial charge >= 0.3 is 0 Å². The molecule has 2 heterocycles. The molecule has 1 aliphatic rings. The van der Waals surface area contributed by atoms with E-state index >= 15 is 0 Å². The molecule has 0 unspecified atom stereocenters. The van der Waals surface area contributed by atoms with Crippen LogP contribution in [0.3, 0.4) is 0 Å². The molecule has 0 amide bonds. The number of aryl methyl sites for hydroxylation is 2. The highest BCUT2D eigenvalue weighted by atomic mass is 32.2. The van der Waals surface area contributed by atoms with E-state index in [1.165, 1.54) is 4.31 Å². The van der Waals surface area contributed by atoms with Gasteiger partial charge in [-0.2, -0.15) is 4.31 Å². The van der Waals surface area contributed by atoms with Crippen molar-refractivity contribution in [3.05, 3.63) is 17.5 Å². The summed E-state index contributed by atoms with van der Waals surface area (Å²) < 4.78 is 26.4. The van der Waals surface area contributed by atoms with Gasteiger partial charge in [-0.05, 0) is 39.3 Å². The lowest BCUT2D eigenvalue weighted by Gasteiger charge is -2.30. The first-order valence-corrected chi connectivity index (χ1v) is 7.86. The van der Waals surface area contributed by atoms with Gasteiger partial charge in [-0.3, -0.25) is 0 Å². The Hall–Kier alpha value is -1.05. The van der Waals surface area contributed by atoms with Gasteiger partial charge in [0.25, 0.3) is 15.2 Å². The number of likely N-dealkylation sites (N-methyl/N-ethyl adjacent to an activating group) is 1. The highest BCUT2D eigenvalue weighted by Crippen LogP contribution is 2.17. The Morgan fingerprint density at radius 3 is 2.47 bits per heavy atom. The van der Waals surface area contributed by atoms with Crippen molar-refractivity contribution in [1.82, 2.24) is 19.6 Å². The average molecular weight is 284 g/mol. The predicted octanol–water partition coefficient (Wildman–Crippen LogP) is 0.466. The highest BCUT2D eigenvalue weighted by Gasteiger charge is 2.31. The molecule has 1 aliphatic heterocycles. The van der Waals surface area contributed by atoms with E-state index in [1.54, 1.807) is 27.0 Å². The Morgan fingerprint density at radius 2 is 1.95 bits per heavy atom. The van der Waals surface area contributed by atoms with E-state index in [4.69, 9.17) is 0 Å². The van der Waals surface area contributed by atoms with Crippen LogP contribution in [0.4, 0.5) is 0 Å². The highest BCUT2D eigenvalue weighted by molar-refractivity contribution is 7.88. The Morgan fingerprint density at radius 1 is 1.32 bits per heavy atom. The van der Waals surface area contributed by atoms with E-state index in [0.29, 0.717) is 17.9 Å². The van der Waals surface area contributed by atoms with Gasteiger partial charge in [-0.25, -0.2) is 18.4 Å². The summed E-state index contributed by atoms with van der Waals surface area (Å²) in [6, 6.07) is 1.74. The van der Waals surface area contributed by atoms with Crippen molar-refractivity contribution in [2.24, 2.45) is 0 Å². The molecule has 0 radical (unpaired) electrons. The van der Waals surface area contributed by atoms with Crippen molar-refractivity contribution in [2.75, 3.05) is 20.1 Å². The normalized spacial score (nSPS) is 20.7. The lowest BCUT2D eigenvalue weighted by molar-refractivity contribution is 0.298. The van der Waals surface area contributed by atoms with Gasteiger partial charge in [0, 0.05) is 31.0 Å². The second kappa shape index (κ2) is 5.52. The number of rotatable bonds is 3. The van der Waals surface area contributed by atoms with Crippen LogP contribution < -0.4 is 5.32 Å². The van der Waals surface area contributed by atoms with E-state index in [0.717, 1.165) is 19.4 Å². The van der Waals surface area contributed by atoms with Crippen molar-refractivity contribution in [2.45, 2.75) is 37.9 Å². The summed E-state index contributed by atoms with van der Waals surface area (Å²) >= 11 is 0. The number of nitrogens with zero attached hydrogens (tertiary/aromatic N) is 3. The number of hydrogen-bond donors (Lipinski definition) is 1. The van der Waals surface area contributed by atoms with Crippen LogP contribution in [0.15, 0.2) is 11.2 Å². The van der Waals surface area contributed by atoms with Gasteiger partial charge in [0.15, 0.2) is 0 Å².